The van der Waals surface area contributed by atoms with E-state index >= 15 is 0 Å². The Morgan fingerprint density at radius 2 is 1.85 bits per heavy atom. The van der Waals surface area contributed by atoms with E-state index < -0.39 is 0 Å². The number of nitrogens with zero attached hydrogens (tertiary/aromatic N) is 2. The maximum Gasteiger partial charge on any atom is 0.129 e. The SMILES string of the molecule is CC(C)c1cnc(CCN)nc1.Cl. The minimum absolute atomic E-state index is 0. The predicted octanol–water partition coefficient (Wildman–Crippen LogP) is 1.52. The Hall–Kier alpha value is -0.670. The molecule has 0 aliphatic carbocycles. The second kappa shape index (κ2) is 5.89. The van der Waals surface area contributed by atoms with Crippen LogP contribution in [0, 0.1) is 0 Å². The van der Waals surface area contributed by atoms with Crippen molar-refractivity contribution in [3.8, 4) is 0 Å². The monoisotopic (exact) mass is 201 g/mol. The van der Waals surface area contributed by atoms with E-state index in [1.165, 1.54) is 5.56 Å². The van der Waals surface area contributed by atoms with E-state index in [2.05, 4.69) is 23.8 Å². The van der Waals surface area contributed by atoms with Crippen LogP contribution in [-0.2, 0) is 6.42 Å². The summed E-state index contributed by atoms with van der Waals surface area (Å²) >= 11 is 0. The van der Waals surface area contributed by atoms with Gasteiger partial charge in [-0.3, -0.25) is 0 Å². The van der Waals surface area contributed by atoms with Crippen molar-refractivity contribution in [2.24, 2.45) is 5.73 Å². The third-order valence-electron chi connectivity index (χ3n) is 1.76. The number of hydrogen-bond acceptors (Lipinski definition) is 3. The molecular weight excluding hydrogens is 186 g/mol. The molecule has 1 aromatic rings. The van der Waals surface area contributed by atoms with Crippen LogP contribution in [-0.4, -0.2) is 16.5 Å². The maximum atomic E-state index is 5.38. The van der Waals surface area contributed by atoms with E-state index in [4.69, 9.17) is 5.73 Å². The second-order valence-electron chi connectivity index (χ2n) is 3.13. The lowest BCUT2D eigenvalue weighted by Crippen LogP contribution is -2.06. The zero-order chi connectivity index (χ0) is 8.97. The summed E-state index contributed by atoms with van der Waals surface area (Å²) in [5, 5.41) is 0. The van der Waals surface area contributed by atoms with E-state index in [9.17, 15) is 0 Å². The number of nitrogens with two attached hydrogens (primary N) is 1. The van der Waals surface area contributed by atoms with Gasteiger partial charge < -0.3 is 5.73 Å². The van der Waals surface area contributed by atoms with Crippen LogP contribution >= 0.6 is 12.4 Å². The normalized spacial score (nSPS) is 9.85. The number of aromatic nitrogens is 2. The van der Waals surface area contributed by atoms with Gasteiger partial charge in [0.25, 0.3) is 0 Å². The Kier molecular flexibility index (Phi) is 5.58. The van der Waals surface area contributed by atoms with Gasteiger partial charge in [0, 0.05) is 18.8 Å². The lowest BCUT2D eigenvalue weighted by Gasteiger charge is -2.03. The molecule has 0 saturated heterocycles. The van der Waals surface area contributed by atoms with E-state index in [0.29, 0.717) is 12.5 Å². The van der Waals surface area contributed by atoms with Crippen molar-refractivity contribution in [1.82, 2.24) is 9.97 Å². The summed E-state index contributed by atoms with van der Waals surface area (Å²) in [6.07, 6.45) is 4.52. The molecule has 0 bridgehead atoms. The van der Waals surface area contributed by atoms with Crippen molar-refractivity contribution in [1.29, 1.82) is 0 Å². The zero-order valence-corrected chi connectivity index (χ0v) is 8.84. The molecule has 0 fully saturated rings. The van der Waals surface area contributed by atoms with Gasteiger partial charge >= 0.3 is 0 Å². The number of halogens is 1. The van der Waals surface area contributed by atoms with Crippen LogP contribution in [0.15, 0.2) is 12.4 Å². The van der Waals surface area contributed by atoms with Crippen LogP contribution in [0.2, 0.25) is 0 Å². The van der Waals surface area contributed by atoms with Gasteiger partial charge in [0.05, 0.1) is 0 Å². The van der Waals surface area contributed by atoms with E-state index in [-0.39, 0.29) is 12.4 Å². The molecule has 0 amide bonds. The van der Waals surface area contributed by atoms with Crippen LogP contribution in [0.25, 0.3) is 0 Å². The minimum atomic E-state index is 0. The van der Waals surface area contributed by atoms with Crippen molar-refractivity contribution in [2.75, 3.05) is 6.54 Å². The molecule has 74 valence electrons. The maximum absolute atomic E-state index is 5.38. The average molecular weight is 202 g/mol. The van der Waals surface area contributed by atoms with Gasteiger partial charge in [-0.05, 0) is 18.0 Å². The lowest BCUT2D eigenvalue weighted by molar-refractivity contribution is 0.810. The van der Waals surface area contributed by atoms with Crippen molar-refractivity contribution < 1.29 is 0 Å². The topological polar surface area (TPSA) is 51.8 Å². The second-order valence-corrected chi connectivity index (χ2v) is 3.13. The highest BCUT2D eigenvalue weighted by Gasteiger charge is 1.99. The number of hydrogen-bond donors (Lipinski definition) is 1. The van der Waals surface area contributed by atoms with E-state index in [1.807, 2.05) is 12.4 Å². The molecule has 0 aromatic carbocycles. The Morgan fingerprint density at radius 3 is 2.23 bits per heavy atom. The molecule has 0 spiro atoms. The first-order valence-corrected chi connectivity index (χ1v) is 4.25. The Bertz CT molecular complexity index is 233. The molecule has 0 radical (unpaired) electrons. The highest BCUT2D eigenvalue weighted by Crippen LogP contribution is 2.10. The quantitative estimate of drug-likeness (QED) is 0.807. The molecule has 0 aliphatic rings. The average Bonchev–Trinajstić information content (AvgIpc) is 2.06. The first-order valence-electron chi connectivity index (χ1n) is 4.25. The van der Waals surface area contributed by atoms with Crippen LogP contribution in [0.3, 0.4) is 0 Å². The Morgan fingerprint density at radius 1 is 1.31 bits per heavy atom. The lowest BCUT2D eigenvalue weighted by atomic mass is 10.1. The van der Waals surface area contributed by atoms with Crippen molar-refractivity contribution in [2.45, 2.75) is 26.2 Å². The van der Waals surface area contributed by atoms with Gasteiger partial charge in [-0.2, -0.15) is 0 Å². The van der Waals surface area contributed by atoms with Crippen molar-refractivity contribution in [3.63, 3.8) is 0 Å². The Labute approximate surface area is 85.2 Å². The van der Waals surface area contributed by atoms with Gasteiger partial charge in [0.2, 0.25) is 0 Å². The summed E-state index contributed by atoms with van der Waals surface area (Å²) in [7, 11) is 0. The summed E-state index contributed by atoms with van der Waals surface area (Å²) in [6, 6.07) is 0. The molecule has 4 heteroatoms. The third kappa shape index (κ3) is 3.70. The smallest absolute Gasteiger partial charge is 0.129 e. The highest BCUT2D eigenvalue weighted by atomic mass is 35.5. The molecule has 1 rings (SSSR count). The molecule has 0 saturated carbocycles. The zero-order valence-electron chi connectivity index (χ0n) is 8.03. The molecule has 1 heterocycles. The van der Waals surface area contributed by atoms with Gasteiger partial charge in [0.15, 0.2) is 0 Å². The molecule has 2 N–H and O–H groups in total. The minimum Gasteiger partial charge on any atom is -0.330 e. The summed E-state index contributed by atoms with van der Waals surface area (Å²) in [5.41, 5.74) is 6.56. The van der Waals surface area contributed by atoms with Crippen molar-refractivity contribution >= 4 is 12.4 Å². The van der Waals surface area contributed by atoms with E-state index in [1.54, 1.807) is 0 Å². The fourth-order valence-corrected chi connectivity index (χ4v) is 0.921. The van der Waals surface area contributed by atoms with Gasteiger partial charge in [-0.15, -0.1) is 12.4 Å². The summed E-state index contributed by atoms with van der Waals surface area (Å²) < 4.78 is 0. The predicted molar refractivity (Wildman–Crippen MR) is 56.1 cm³/mol. The molecular formula is C9H16ClN3. The summed E-state index contributed by atoms with van der Waals surface area (Å²) in [5.74, 6) is 1.33. The third-order valence-corrected chi connectivity index (χ3v) is 1.76. The van der Waals surface area contributed by atoms with Crippen LogP contribution in [0.5, 0.6) is 0 Å². The van der Waals surface area contributed by atoms with Crippen LogP contribution in [0.1, 0.15) is 31.2 Å². The first kappa shape index (κ1) is 12.3. The van der Waals surface area contributed by atoms with Gasteiger partial charge in [-0.25, -0.2) is 9.97 Å². The van der Waals surface area contributed by atoms with E-state index in [0.717, 1.165) is 12.2 Å². The molecule has 1 aromatic heterocycles. The summed E-state index contributed by atoms with van der Waals surface area (Å²) in [6.45, 7) is 4.86. The van der Waals surface area contributed by atoms with Crippen LogP contribution in [0.4, 0.5) is 0 Å². The molecule has 0 atom stereocenters. The number of rotatable bonds is 3. The van der Waals surface area contributed by atoms with Gasteiger partial charge in [0.1, 0.15) is 5.82 Å². The fraction of sp³-hybridized carbons (Fsp3) is 0.556. The van der Waals surface area contributed by atoms with Gasteiger partial charge in [-0.1, -0.05) is 13.8 Å². The van der Waals surface area contributed by atoms with Crippen molar-refractivity contribution in [3.05, 3.63) is 23.8 Å². The molecule has 3 nitrogen and oxygen atoms in total. The molecule has 0 aliphatic heterocycles. The largest absolute Gasteiger partial charge is 0.330 e. The molecule has 0 unspecified atom stereocenters. The summed E-state index contributed by atoms with van der Waals surface area (Å²) in [4.78, 5) is 8.40. The fourth-order valence-electron chi connectivity index (χ4n) is 0.921. The highest BCUT2D eigenvalue weighted by molar-refractivity contribution is 5.85. The first-order chi connectivity index (χ1) is 5.74. The van der Waals surface area contributed by atoms with Crippen LogP contribution < -0.4 is 5.73 Å². The molecule has 13 heavy (non-hydrogen) atoms. The Balaban J connectivity index is 0.00000144. The standard InChI is InChI=1S/C9H15N3.ClH/c1-7(2)8-5-11-9(3-4-10)12-6-8;/h5-7H,3-4,10H2,1-2H3;1H.